The average Bonchev–Trinajstić information content (AvgIpc) is 2.74. The first-order valence-corrected chi connectivity index (χ1v) is 10.0. The number of nitrogens with zero attached hydrogens (tertiary/aromatic N) is 7. The minimum atomic E-state index is -0.378. The van der Waals surface area contributed by atoms with Crippen LogP contribution < -0.4 is 14.7 Å². The van der Waals surface area contributed by atoms with Crippen molar-refractivity contribution < 1.29 is 4.39 Å². The predicted octanol–water partition coefficient (Wildman–Crippen LogP) is 1.87. The van der Waals surface area contributed by atoms with E-state index in [9.17, 15) is 9.65 Å². The highest BCUT2D eigenvalue weighted by atomic mass is 19.1. The van der Waals surface area contributed by atoms with Crippen LogP contribution in [0.15, 0.2) is 24.3 Å². The van der Waals surface area contributed by atoms with E-state index in [1.54, 1.807) is 6.07 Å². The van der Waals surface area contributed by atoms with E-state index >= 15 is 0 Å². The van der Waals surface area contributed by atoms with Crippen molar-refractivity contribution in [2.75, 3.05) is 74.1 Å². The predicted molar refractivity (Wildman–Crippen MR) is 112 cm³/mol. The Kier molecular flexibility index (Phi) is 5.49. The summed E-state index contributed by atoms with van der Waals surface area (Å²) >= 11 is 0. The summed E-state index contributed by atoms with van der Waals surface area (Å²) in [7, 11) is 2.15. The molecule has 0 unspecified atom stereocenters. The molecule has 0 amide bonds. The molecule has 3 heterocycles. The van der Waals surface area contributed by atoms with Gasteiger partial charge in [0.15, 0.2) is 0 Å². The van der Waals surface area contributed by atoms with Gasteiger partial charge < -0.3 is 19.6 Å². The number of piperazine rings is 2. The summed E-state index contributed by atoms with van der Waals surface area (Å²) in [5.41, 5.74) is 1.18. The second kappa shape index (κ2) is 8.21. The van der Waals surface area contributed by atoms with Crippen LogP contribution in [-0.4, -0.2) is 74.3 Å². The first-order chi connectivity index (χ1) is 14.0. The molecular formula is C21H26FN7. The summed E-state index contributed by atoms with van der Waals surface area (Å²) in [6, 6.07) is 8.61. The van der Waals surface area contributed by atoms with Crippen molar-refractivity contribution in [3.05, 3.63) is 41.5 Å². The summed E-state index contributed by atoms with van der Waals surface area (Å²) < 4.78 is 13.4. The molecule has 0 aliphatic carbocycles. The van der Waals surface area contributed by atoms with Gasteiger partial charge in [0.2, 0.25) is 0 Å². The fraction of sp³-hybridized carbons (Fsp3) is 0.476. The number of halogens is 1. The number of aryl methyl sites for hydroxylation is 1. The molecule has 29 heavy (non-hydrogen) atoms. The van der Waals surface area contributed by atoms with Crippen molar-refractivity contribution in [3.63, 3.8) is 0 Å². The number of nitriles is 1. The van der Waals surface area contributed by atoms with Gasteiger partial charge in [-0.1, -0.05) is 0 Å². The molecule has 2 fully saturated rings. The molecule has 0 bridgehead atoms. The zero-order valence-corrected chi connectivity index (χ0v) is 17.0. The SMILES string of the molecule is Cc1nc(N2CCN(C)CC2)cc(N2CCN(c3ccc(F)cc3C#N)CC2)n1. The van der Waals surface area contributed by atoms with Crippen LogP contribution in [0.5, 0.6) is 0 Å². The lowest BCUT2D eigenvalue weighted by Crippen LogP contribution is -2.47. The fourth-order valence-corrected chi connectivity index (χ4v) is 3.95. The number of likely N-dealkylation sites (N-methyl/N-ethyl adjacent to an activating group) is 1. The smallest absolute Gasteiger partial charge is 0.134 e. The van der Waals surface area contributed by atoms with Gasteiger partial charge in [-0.05, 0) is 32.2 Å². The molecule has 152 valence electrons. The normalized spacial score (nSPS) is 18.1. The summed E-state index contributed by atoms with van der Waals surface area (Å²) in [5, 5.41) is 9.33. The van der Waals surface area contributed by atoms with Crippen molar-refractivity contribution >= 4 is 17.3 Å². The lowest BCUT2D eigenvalue weighted by Gasteiger charge is -2.38. The zero-order chi connectivity index (χ0) is 20.4. The number of hydrogen-bond donors (Lipinski definition) is 0. The summed E-state index contributed by atoms with van der Waals surface area (Å²) in [5.74, 6) is 2.35. The largest absolute Gasteiger partial charge is 0.367 e. The van der Waals surface area contributed by atoms with Gasteiger partial charge in [0, 0.05) is 58.4 Å². The van der Waals surface area contributed by atoms with Crippen LogP contribution >= 0.6 is 0 Å². The van der Waals surface area contributed by atoms with Crippen LogP contribution in [-0.2, 0) is 0 Å². The summed E-state index contributed by atoms with van der Waals surface area (Å²) in [6.45, 7) is 9.06. The van der Waals surface area contributed by atoms with E-state index in [1.165, 1.54) is 12.1 Å². The molecule has 0 N–H and O–H groups in total. The van der Waals surface area contributed by atoms with Crippen molar-refractivity contribution in [1.29, 1.82) is 5.26 Å². The third kappa shape index (κ3) is 4.25. The Morgan fingerprint density at radius 2 is 1.41 bits per heavy atom. The van der Waals surface area contributed by atoms with Crippen molar-refractivity contribution in [1.82, 2.24) is 14.9 Å². The van der Waals surface area contributed by atoms with Gasteiger partial charge in [-0.2, -0.15) is 5.26 Å². The molecule has 2 aliphatic rings. The monoisotopic (exact) mass is 395 g/mol. The van der Waals surface area contributed by atoms with Crippen LogP contribution in [0.3, 0.4) is 0 Å². The van der Waals surface area contributed by atoms with Crippen LogP contribution in [0.2, 0.25) is 0 Å². The van der Waals surface area contributed by atoms with Crippen LogP contribution in [0.25, 0.3) is 0 Å². The topological polar surface area (TPSA) is 62.5 Å². The maximum atomic E-state index is 13.4. The molecule has 4 rings (SSSR count). The average molecular weight is 395 g/mol. The molecular weight excluding hydrogens is 369 g/mol. The standard InChI is InChI=1S/C21H26FN7/c1-16-24-20(28-7-5-26(2)6-8-28)14-21(25-16)29-11-9-27(10-12-29)19-4-3-18(22)13-17(19)15-23/h3-4,13-14H,5-12H2,1-2H3. The second-order valence-corrected chi connectivity index (χ2v) is 7.67. The Bertz CT molecular complexity index is 910. The van der Waals surface area contributed by atoms with E-state index < -0.39 is 0 Å². The molecule has 1 aromatic heterocycles. The number of rotatable bonds is 3. The van der Waals surface area contributed by atoms with Gasteiger partial charge in [-0.15, -0.1) is 0 Å². The Balaban J connectivity index is 1.47. The van der Waals surface area contributed by atoms with Gasteiger partial charge in [-0.3, -0.25) is 0 Å². The highest BCUT2D eigenvalue weighted by Crippen LogP contribution is 2.25. The minimum absolute atomic E-state index is 0.378. The Hall–Kier alpha value is -2.92. The lowest BCUT2D eigenvalue weighted by atomic mass is 10.1. The molecule has 8 heteroatoms. The number of benzene rings is 1. The molecule has 2 aliphatic heterocycles. The Morgan fingerprint density at radius 3 is 2.00 bits per heavy atom. The van der Waals surface area contributed by atoms with E-state index in [2.05, 4.69) is 48.8 Å². The molecule has 0 radical (unpaired) electrons. The highest BCUT2D eigenvalue weighted by Gasteiger charge is 2.23. The number of aromatic nitrogens is 2. The van der Waals surface area contributed by atoms with Gasteiger partial charge >= 0.3 is 0 Å². The fourth-order valence-electron chi connectivity index (χ4n) is 3.95. The number of anilines is 3. The maximum Gasteiger partial charge on any atom is 0.134 e. The van der Waals surface area contributed by atoms with E-state index in [-0.39, 0.29) is 5.82 Å². The molecule has 7 nitrogen and oxygen atoms in total. The molecule has 0 saturated carbocycles. The van der Waals surface area contributed by atoms with E-state index in [0.717, 1.165) is 75.5 Å². The molecule has 0 spiro atoms. The molecule has 2 aromatic rings. The maximum absolute atomic E-state index is 13.4. The third-order valence-corrected chi connectivity index (χ3v) is 5.66. The van der Waals surface area contributed by atoms with E-state index in [1.807, 2.05) is 6.92 Å². The van der Waals surface area contributed by atoms with E-state index in [4.69, 9.17) is 0 Å². The molecule has 0 atom stereocenters. The van der Waals surface area contributed by atoms with Crippen molar-refractivity contribution in [3.8, 4) is 6.07 Å². The van der Waals surface area contributed by atoms with Gasteiger partial charge in [0.1, 0.15) is 29.3 Å². The zero-order valence-electron chi connectivity index (χ0n) is 17.0. The summed E-state index contributed by atoms with van der Waals surface area (Å²) in [4.78, 5) is 18.4. The van der Waals surface area contributed by atoms with Crippen LogP contribution in [0.4, 0.5) is 21.7 Å². The second-order valence-electron chi connectivity index (χ2n) is 7.67. The Morgan fingerprint density at radius 1 is 0.862 bits per heavy atom. The van der Waals surface area contributed by atoms with Gasteiger partial charge in [0.05, 0.1) is 11.3 Å². The van der Waals surface area contributed by atoms with E-state index in [0.29, 0.717) is 5.56 Å². The third-order valence-electron chi connectivity index (χ3n) is 5.66. The number of hydrogen-bond acceptors (Lipinski definition) is 7. The van der Waals surface area contributed by atoms with Crippen LogP contribution in [0.1, 0.15) is 11.4 Å². The first kappa shape index (κ1) is 19.4. The van der Waals surface area contributed by atoms with Gasteiger partial charge in [-0.25, -0.2) is 14.4 Å². The van der Waals surface area contributed by atoms with Crippen molar-refractivity contribution in [2.45, 2.75) is 6.92 Å². The minimum Gasteiger partial charge on any atom is -0.367 e. The quantitative estimate of drug-likeness (QED) is 0.786. The molecule has 1 aromatic carbocycles. The van der Waals surface area contributed by atoms with Crippen molar-refractivity contribution in [2.24, 2.45) is 0 Å². The summed E-state index contributed by atoms with van der Waals surface area (Å²) in [6.07, 6.45) is 0. The van der Waals surface area contributed by atoms with Crippen LogP contribution in [0, 0.1) is 24.1 Å². The highest BCUT2D eigenvalue weighted by molar-refractivity contribution is 5.61. The Labute approximate surface area is 171 Å². The lowest BCUT2D eigenvalue weighted by molar-refractivity contribution is 0.312. The van der Waals surface area contributed by atoms with Gasteiger partial charge in [0.25, 0.3) is 0 Å². The first-order valence-electron chi connectivity index (χ1n) is 10.0. The molecule has 2 saturated heterocycles.